The molecule has 0 amide bonds. The van der Waals surface area contributed by atoms with Crippen molar-refractivity contribution in [3.8, 4) is 0 Å². The van der Waals surface area contributed by atoms with E-state index in [0.29, 0.717) is 25.7 Å². The Morgan fingerprint density at radius 2 is 0.457 bits per heavy atom. The van der Waals surface area contributed by atoms with E-state index in [2.05, 4.69) is 55.4 Å². The number of phosphoric ester groups is 2. The van der Waals surface area contributed by atoms with Gasteiger partial charge in [-0.1, -0.05) is 396 Å². The molecular formula is C86H168O17P2. The molecular weight excluding hydrogens is 1370 g/mol. The molecule has 0 aliphatic rings. The molecule has 0 aliphatic carbocycles. The maximum absolute atomic E-state index is 13.1. The first-order valence-electron chi connectivity index (χ1n) is 44.2. The summed E-state index contributed by atoms with van der Waals surface area (Å²) in [6.45, 7) is 14.3. The molecule has 0 aromatic carbocycles. The maximum Gasteiger partial charge on any atom is 0.472 e. The number of esters is 4. The Morgan fingerprint density at radius 1 is 0.267 bits per heavy atom. The third-order valence-corrected chi connectivity index (χ3v) is 22.3. The third kappa shape index (κ3) is 78.5. The van der Waals surface area contributed by atoms with E-state index in [9.17, 15) is 43.2 Å². The van der Waals surface area contributed by atoms with Crippen LogP contribution in [-0.4, -0.2) is 96.7 Å². The van der Waals surface area contributed by atoms with Crippen LogP contribution in [0.15, 0.2) is 0 Å². The summed E-state index contributed by atoms with van der Waals surface area (Å²) in [6.07, 6.45) is 63.9. The fraction of sp³-hybridized carbons (Fsp3) is 0.953. The highest BCUT2D eigenvalue weighted by atomic mass is 31.2. The summed E-state index contributed by atoms with van der Waals surface area (Å²) in [5.41, 5.74) is 0. The van der Waals surface area contributed by atoms with Crippen molar-refractivity contribution in [2.24, 2.45) is 23.7 Å². The van der Waals surface area contributed by atoms with Crippen LogP contribution in [0.2, 0.25) is 0 Å². The van der Waals surface area contributed by atoms with Gasteiger partial charge in [0.25, 0.3) is 0 Å². The van der Waals surface area contributed by atoms with Gasteiger partial charge >= 0.3 is 39.5 Å². The fourth-order valence-corrected chi connectivity index (χ4v) is 14.9. The van der Waals surface area contributed by atoms with Crippen LogP contribution in [-0.2, 0) is 65.4 Å². The monoisotopic (exact) mass is 1540 g/mol. The molecule has 3 N–H and O–H groups in total. The number of hydrogen-bond donors (Lipinski definition) is 3. The van der Waals surface area contributed by atoms with Gasteiger partial charge in [-0.3, -0.25) is 37.3 Å². The SMILES string of the molecule is CCC(C)CCCCCCCCCCCCCCCCCCCCC(=O)O[C@H](COC(=O)CCCCCCCCCCCCCCCCCCC(C)C)COP(=O)(O)OC[C@@H](O)COP(=O)(O)OC[C@@H](COC(=O)CCCCCCCCCCCC(C)C)OC(=O)CCCCCCCCCCCC(C)C. The number of rotatable bonds is 83. The van der Waals surface area contributed by atoms with Crippen LogP contribution in [0.4, 0.5) is 0 Å². The lowest BCUT2D eigenvalue weighted by molar-refractivity contribution is -0.161. The van der Waals surface area contributed by atoms with Crippen molar-refractivity contribution >= 4 is 39.5 Å². The number of carbonyl (C=O) groups excluding carboxylic acids is 4. The van der Waals surface area contributed by atoms with Crippen LogP contribution in [0.25, 0.3) is 0 Å². The average Bonchev–Trinajstić information content (AvgIpc) is 0.906. The van der Waals surface area contributed by atoms with Crippen molar-refractivity contribution in [2.45, 2.75) is 465 Å². The molecule has 0 saturated carbocycles. The zero-order chi connectivity index (χ0) is 77.4. The quantitative estimate of drug-likeness (QED) is 0.0222. The first kappa shape index (κ1) is 103. The van der Waals surface area contributed by atoms with Gasteiger partial charge in [0, 0.05) is 25.7 Å². The first-order valence-corrected chi connectivity index (χ1v) is 47.2. The van der Waals surface area contributed by atoms with Gasteiger partial charge in [-0.15, -0.1) is 0 Å². The Balaban J connectivity index is 5.23. The number of ether oxygens (including phenoxy) is 4. The summed E-state index contributed by atoms with van der Waals surface area (Å²) in [6, 6.07) is 0. The molecule has 0 aliphatic heterocycles. The predicted molar refractivity (Wildman–Crippen MR) is 432 cm³/mol. The van der Waals surface area contributed by atoms with Crippen LogP contribution < -0.4 is 0 Å². The summed E-state index contributed by atoms with van der Waals surface area (Å²) in [5.74, 6) is 1.05. The minimum absolute atomic E-state index is 0.105. The highest BCUT2D eigenvalue weighted by Crippen LogP contribution is 2.45. The van der Waals surface area contributed by atoms with E-state index in [1.165, 1.54) is 250 Å². The Bertz CT molecular complexity index is 2040. The number of aliphatic hydroxyl groups excluding tert-OH is 1. The van der Waals surface area contributed by atoms with Gasteiger partial charge in [-0.05, 0) is 49.4 Å². The van der Waals surface area contributed by atoms with Crippen molar-refractivity contribution in [3.05, 3.63) is 0 Å². The van der Waals surface area contributed by atoms with E-state index in [4.69, 9.17) is 37.0 Å². The molecule has 0 rings (SSSR count). The Morgan fingerprint density at radius 3 is 0.676 bits per heavy atom. The molecule has 0 saturated heterocycles. The van der Waals surface area contributed by atoms with Crippen molar-refractivity contribution in [1.82, 2.24) is 0 Å². The van der Waals surface area contributed by atoms with E-state index in [0.717, 1.165) is 114 Å². The maximum atomic E-state index is 13.1. The molecule has 17 nitrogen and oxygen atoms in total. The summed E-state index contributed by atoms with van der Waals surface area (Å²) >= 11 is 0. The lowest BCUT2D eigenvalue weighted by Gasteiger charge is -2.21. The van der Waals surface area contributed by atoms with Crippen LogP contribution in [0.1, 0.15) is 447 Å². The van der Waals surface area contributed by atoms with Gasteiger partial charge in [-0.25, -0.2) is 9.13 Å². The molecule has 6 atom stereocenters. The Hall–Kier alpha value is -1.94. The highest BCUT2D eigenvalue weighted by Gasteiger charge is 2.31. The van der Waals surface area contributed by atoms with Gasteiger partial charge in [0.1, 0.15) is 19.3 Å². The number of hydrogen-bond acceptors (Lipinski definition) is 15. The summed E-state index contributed by atoms with van der Waals surface area (Å²) < 4.78 is 68.9. The normalized spacial score (nSPS) is 14.2. The van der Waals surface area contributed by atoms with E-state index < -0.39 is 97.5 Å². The zero-order valence-corrected chi connectivity index (χ0v) is 71.2. The molecule has 0 aromatic heterocycles. The number of unbranched alkanes of at least 4 members (excludes halogenated alkanes) is 48. The fourth-order valence-electron chi connectivity index (χ4n) is 13.3. The zero-order valence-electron chi connectivity index (χ0n) is 69.4. The second-order valence-electron chi connectivity index (χ2n) is 32.6. The second-order valence-corrected chi connectivity index (χ2v) is 35.5. The van der Waals surface area contributed by atoms with E-state index in [1.807, 2.05) is 0 Å². The standard InChI is InChI=1S/C86H168O17P2/c1-9-79(8)65-57-49-41-33-25-21-17-12-10-11-13-19-23-27-35-44-52-60-68-85(90)102-81(72-96-83(88)66-58-50-42-34-26-22-18-15-14-16-20-24-30-38-46-54-62-76(2)3)74-100-104(92,93)98-70-80(87)71-99-105(94,95)101-75-82(103-86(91)69-61-53-45-37-29-32-40-48-56-64-78(6)7)73-97-84(89)67-59-51-43-36-28-31-39-47-55-63-77(4)5/h76-82,87H,9-75H2,1-8H3,(H,92,93)(H,94,95)/t79?,80-,81-,82-/m1/s1. The largest absolute Gasteiger partial charge is 0.472 e. The van der Waals surface area contributed by atoms with Crippen LogP contribution >= 0.6 is 15.6 Å². The lowest BCUT2D eigenvalue weighted by Crippen LogP contribution is -2.30. The van der Waals surface area contributed by atoms with Crippen molar-refractivity contribution in [1.29, 1.82) is 0 Å². The summed E-state index contributed by atoms with van der Waals surface area (Å²) in [5, 5.41) is 10.7. The van der Waals surface area contributed by atoms with Gasteiger partial charge in [0.05, 0.1) is 26.4 Å². The van der Waals surface area contributed by atoms with Crippen LogP contribution in [0, 0.1) is 23.7 Å². The van der Waals surface area contributed by atoms with Crippen molar-refractivity contribution in [3.63, 3.8) is 0 Å². The van der Waals surface area contributed by atoms with Gasteiger partial charge in [-0.2, -0.15) is 0 Å². The smallest absolute Gasteiger partial charge is 0.462 e. The van der Waals surface area contributed by atoms with E-state index in [-0.39, 0.29) is 25.7 Å². The molecule has 3 unspecified atom stereocenters. The topological polar surface area (TPSA) is 237 Å². The molecule has 0 aromatic rings. The molecule has 0 heterocycles. The molecule has 105 heavy (non-hydrogen) atoms. The number of aliphatic hydroxyl groups is 1. The number of carbonyl (C=O) groups is 4. The molecule has 0 fully saturated rings. The van der Waals surface area contributed by atoms with Gasteiger partial charge in [0.2, 0.25) is 0 Å². The van der Waals surface area contributed by atoms with Crippen LogP contribution in [0.3, 0.4) is 0 Å². The minimum atomic E-state index is -4.97. The van der Waals surface area contributed by atoms with Crippen molar-refractivity contribution in [2.75, 3.05) is 39.6 Å². The van der Waals surface area contributed by atoms with Crippen molar-refractivity contribution < 1.29 is 80.2 Å². The predicted octanol–water partition coefficient (Wildman–Crippen LogP) is 25.9. The number of phosphoric acid groups is 2. The second kappa shape index (κ2) is 74.8. The summed E-state index contributed by atoms with van der Waals surface area (Å²) in [4.78, 5) is 73.2. The third-order valence-electron chi connectivity index (χ3n) is 20.4. The van der Waals surface area contributed by atoms with E-state index >= 15 is 0 Å². The minimum Gasteiger partial charge on any atom is -0.462 e. The van der Waals surface area contributed by atoms with Gasteiger partial charge in [0.15, 0.2) is 12.2 Å². The van der Waals surface area contributed by atoms with Gasteiger partial charge < -0.3 is 33.8 Å². The summed E-state index contributed by atoms with van der Waals surface area (Å²) in [7, 11) is -9.93. The molecule has 624 valence electrons. The molecule has 19 heteroatoms. The Kier molecular flexibility index (Phi) is 73.4. The highest BCUT2D eigenvalue weighted by molar-refractivity contribution is 7.47. The van der Waals surface area contributed by atoms with Crippen LogP contribution in [0.5, 0.6) is 0 Å². The molecule has 0 bridgehead atoms. The molecule has 0 radical (unpaired) electrons. The molecule has 0 spiro atoms. The average molecular weight is 1540 g/mol. The lowest BCUT2D eigenvalue weighted by atomic mass is 9.99. The first-order chi connectivity index (χ1) is 50.6. The van der Waals surface area contributed by atoms with E-state index in [1.54, 1.807) is 0 Å². The Labute approximate surface area is 645 Å².